The van der Waals surface area contributed by atoms with Gasteiger partial charge < -0.3 is 13.3 Å². The molecule has 136 valence electrons. The van der Waals surface area contributed by atoms with E-state index in [1.807, 2.05) is 30.3 Å². The van der Waals surface area contributed by atoms with E-state index in [4.69, 9.17) is 18.4 Å². The van der Waals surface area contributed by atoms with Gasteiger partial charge in [-0.05, 0) is 67.3 Å². The quantitative estimate of drug-likeness (QED) is 0.664. The molecule has 1 fully saturated rings. The number of amides is 1. The van der Waals surface area contributed by atoms with Crippen LogP contribution in [0.15, 0.2) is 79.1 Å². The van der Waals surface area contributed by atoms with Crippen LogP contribution in [0, 0.1) is 5.92 Å². The number of fused-ring (bicyclic) bond motifs is 1. The Morgan fingerprint density at radius 3 is 2.63 bits per heavy atom. The number of allylic oxidation sites excluding steroid dienone is 1. The fraction of sp³-hybridized carbons (Fsp3) is 0.238. The maximum atomic E-state index is 13.0. The van der Waals surface area contributed by atoms with Gasteiger partial charge in [0.1, 0.15) is 17.6 Å². The van der Waals surface area contributed by atoms with Crippen molar-refractivity contribution in [3.63, 3.8) is 0 Å². The molecule has 0 radical (unpaired) electrons. The van der Waals surface area contributed by atoms with E-state index in [2.05, 4.69) is 0 Å². The topological polar surface area (TPSA) is 72.1 Å². The molecule has 0 N–H and O–H groups in total. The number of hydrogen-bond donors (Lipinski definition) is 0. The second-order valence-electron chi connectivity index (χ2n) is 6.76. The Kier molecular flexibility index (Phi) is 3.81. The fourth-order valence-corrected chi connectivity index (χ4v) is 3.96. The Bertz CT molecular complexity index is 981. The molecule has 5 rings (SSSR count). The van der Waals surface area contributed by atoms with E-state index in [9.17, 15) is 4.79 Å². The highest BCUT2D eigenvalue weighted by Gasteiger charge is 2.45. The van der Waals surface area contributed by atoms with E-state index in [1.54, 1.807) is 24.7 Å². The molecule has 1 saturated carbocycles. The lowest BCUT2D eigenvalue weighted by Crippen LogP contribution is -2.31. The van der Waals surface area contributed by atoms with Gasteiger partial charge in [-0.2, -0.15) is 5.10 Å². The summed E-state index contributed by atoms with van der Waals surface area (Å²) in [7, 11) is 0. The van der Waals surface area contributed by atoms with Crippen LogP contribution in [0.4, 0.5) is 0 Å². The molecule has 6 heteroatoms. The van der Waals surface area contributed by atoms with Crippen LogP contribution >= 0.6 is 0 Å². The normalized spacial score (nSPS) is 23.5. The van der Waals surface area contributed by atoms with Gasteiger partial charge in [0.15, 0.2) is 5.76 Å². The minimum Gasteiger partial charge on any atom is -0.467 e. The third-order valence-corrected chi connectivity index (χ3v) is 5.14. The molecule has 2 atom stereocenters. The van der Waals surface area contributed by atoms with Gasteiger partial charge in [-0.1, -0.05) is 0 Å². The van der Waals surface area contributed by atoms with Gasteiger partial charge >= 0.3 is 5.91 Å². The number of furan rings is 3. The first-order chi connectivity index (χ1) is 13.3. The Hall–Kier alpha value is -3.28. The predicted molar refractivity (Wildman–Crippen MR) is 97.8 cm³/mol. The first-order valence-corrected chi connectivity index (χ1v) is 9.04. The molecule has 0 spiro atoms. The maximum Gasteiger partial charge on any atom is 0.310 e. The van der Waals surface area contributed by atoms with Crippen molar-refractivity contribution in [2.24, 2.45) is 11.0 Å². The largest absolute Gasteiger partial charge is 0.467 e. The summed E-state index contributed by atoms with van der Waals surface area (Å²) in [6, 6.07) is 10.6. The van der Waals surface area contributed by atoms with Crippen molar-refractivity contribution in [3.8, 4) is 0 Å². The highest BCUT2D eigenvalue weighted by Crippen LogP contribution is 2.45. The molecule has 6 nitrogen and oxygen atoms in total. The Labute approximate surface area is 155 Å². The number of hydrazone groups is 1. The van der Waals surface area contributed by atoms with Crippen LogP contribution in [-0.2, 0) is 0 Å². The molecule has 4 heterocycles. The van der Waals surface area contributed by atoms with E-state index in [-0.39, 0.29) is 23.6 Å². The molecule has 2 aliphatic rings. The lowest BCUT2D eigenvalue weighted by molar-refractivity contribution is 0.0624. The number of hydrogen-bond acceptors (Lipinski definition) is 5. The summed E-state index contributed by atoms with van der Waals surface area (Å²) in [6.07, 6.45) is 9.67. The molecule has 27 heavy (non-hydrogen) atoms. The van der Waals surface area contributed by atoms with E-state index in [0.29, 0.717) is 0 Å². The third kappa shape index (κ3) is 2.73. The second-order valence-corrected chi connectivity index (χ2v) is 6.76. The van der Waals surface area contributed by atoms with Crippen molar-refractivity contribution in [2.45, 2.75) is 25.3 Å². The molecule has 0 unspecified atom stereocenters. The van der Waals surface area contributed by atoms with Crippen LogP contribution in [0.25, 0.3) is 6.08 Å². The van der Waals surface area contributed by atoms with E-state index < -0.39 is 0 Å². The molecule has 1 aliphatic carbocycles. The van der Waals surface area contributed by atoms with Gasteiger partial charge in [-0.3, -0.25) is 4.79 Å². The molecule has 1 aliphatic heterocycles. The average molecular weight is 362 g/mol. The average Bonchev–Trinajstić information content (AvgIpc) is 3.48. The lowest BCUT2D eigenvalue weighted by Gasteiger charge is -2.27. The van der Waals surface area contributed by atoms with Gasteiger partial charge in [-0.25, -0.2) is 5.01 Å². The molecule has 0 aromatic carbocycles. The van der Waals surface area contributed by atoms with Crippen LogP contribution < -0.4 is 0 Å². The molecule has 0 saturated heterocycles. The molecular formula is C21H18N2O4. The van der Waals surface area contributed by atoms with Crippen LogP contribution in [-0.4, -0.2) is 16.6 Å². The third-order valence-electron chi connectivity index (χ3n) is 5.14. The molecule has 1 amide bonds. The van der Waals surface area contributed by atoms with Crippen molar-refractivity contribution in [2.75, 3.05) is 0 Å². The SMILES string of the molecule is O=C(c1ccco1)N1N=C2/C(=C/c3ccco3)CCC[C@@H]2[C@H]1c1ccco1. The number of carbonyl (C=O) groups is 1. The first kappa shape index (κ1) is 15.9. The number of carbonyl (C=O) groups excluding carboxylic acids is 1. The van der Waals surface area contributed by atoms with Gasteiger partial charge in [-0.15, -0.1) is 0 Å². The zero-order valence-corrected chi connectivity index (χ0v) is 14.6. The van der Waals surface area contributed by atoms with Crippen LogP contribution in [0.3, 0.4) is 0 Å². The van der Waals surface area contributed by atoms with E-state index >= 15 is 0 Å². The van der Waals surface area contributed by atoms with Gasteiger partial charge in [0, 0.05) is 5.92 Å². The Balaban J connectivity index is 1.57. The van der Waals surface area contributed by atoms with Gasteiger partial charge in [0.2, 0.25) is 0 Å². The Morgan fingerprint density at radius 2 is 1.89 bits per heavy atom. The zero-order valence-electron chi connectivity index (χ0n) is 14.6. The van der Waals surface area contributed by atoms with Crippen LogP contribution in [0.2, 0.25) is 0 Å². The smallest absolute Gasteiger partial charge is 0.310 e. The van der Waals surface area contributed by atoms with Crippen molar-refractivity contribution in [1.29, 1.82) is 0 Å². The van der Waals surface area contributed by atoms with E-state index in [1.165, 1.54) is 11.3 Å². The van der Waals surface area contributed by atoms with Gasteiger partial charge in [0.25, 0.3) is 0 Å². The van der Waals surface area contributed by atoms with Gasteiger partial charge in [0.05, 0.1) is 24.5 Å². The summed E-state index contributed by atoms with van der Waals surface area (Å²) in [6.45, 7) is 0. The highest BCUT2D eigenvalue weighted by molar-refractivity contribution is 6.08. The maximum absolute atomic E-state index is 13.0. The molecule has 0 bridgehead atoms. The van der Waals surface area contributed by atoms with Crippen molar-refractivity contribution >= 4 is 17.7 Å². The molecule has 3 aromatic heterocycles. The minimum atomic E-state index is -0.270. The van der Waals surface area contributed by atoms with E-state index in [0.717, 1.165) is 42.1 Å². The summed E-state index contributed by atoms with van der Waals surface area (Å²) in [4.78, 5) is 13.0. The summed E-state index contributed by atoms with van der Waals surface area (Å²) >= 11 is 0. The molecule has 3 aromatic rings. The lowest BCUT2D eigenvalue weighted by atomic mass is 9.79. The summed E-state index contributed by atoms with van der Waals surface area (Å²) in [5, 5.41) is 6.25. The number of rotatable bonds is 3. The second kappa shape index (κ2) is 6.46. The fourth-order valence-electron chi connectivity index (χ4n) is 3.96. The van der Waals surface area contributed by atoms with Crippen molar-refractivity contribution < 1.29 is 18.0 Å². The zero-order chi connectivity index (χ0) is 18.2. The number of nitrogens with zero attached hydrogens (tertiary/aromatic N) is 2. The van der Waals surface area contributed by atoms with Crippen LogP contribution in [0.1, 0.15) is 47.4 Å². The minimum absolute atomic E-state index is 0.0880. The first-order valence-electron chi connectivity index (χ1n) is 9.04. The van der Waals surface area contributed by atoms with Crippen molar-refractivity contribution in [3.05, 3.63) is 78.0 Å². The summed E-state index contributed by atoms with van der Waals surface area (Å²) in [5.41, 5.74) is 2.03. The van der Waals surface area contributed by atoms with Crippen molar-refractivity contribution in [1.82, 2.24) is 5.01 Å². The Morgan fingerprint density at radius 1 is 1.07 bits per heavy atom. The molecular weight excluding hydrogens is 344 g/mol. The summed E-state index contributed by atoms with van der Waals surface area (Å²) in [5.74, 6) is 1.62. The standard InChI is InChI=1S/C21H18N2O4/c24-21(18-9-4-12-27-18)23-20(17-8-3-11-26-17)16-7-1-5-14(19(16)22-23)13-15-6-2-10-25-15/h2-4,6,8-13,16,20H,1,5,7H2/b14-13+/t16-,20-/m0/s1. The van der Waals surface area contributed by atoms with Crippen LogP contribution in [0.5, 0.6) is 0 Å². The summed E-state index contributed by atoms with van der Waals surface area (Å²) < 4.78 is 16.5. The highest BCUT2D eigenvalue weighted by atomic mass is 16.3. The monoisotopic (exact) mass is 362 g/mol. The predicted octanol–water partition coefficient (Wildman–Crippen LogP) is 4.90.